The molecule has 0 aliphatic rings. The summed E-state index contributed by atoms with van der Waals surface area (Å²) in [6.45, 7) is 0. The molecule has 2 rings (SSSR count). The van der Waals surface area contributed by atoms with Crippen molar-refractivity contribution in [3.05, 3.63) is 41.2 Å². The molecule has 84 valence electrons. The molecule has 0 amide bonds. The van der Waals surface area contributed by atoms with Crippen LogP contribution in [0.1, 0.15) is 5.69 Å². The lowest BCUT2D eigenvalue weighted by molar-refractivity contribution is 0.441. The van der Waals surface area contributed by atoms with Crippen molar-refractivity contribution in [1.82, 2.24) is 9.97 Å². The largest absolute Gasteiger partial charge is 0.423 e. The first-order chi connectivity index (χ1) is 8.19. The molecule has 1 heterocycles. The number of benzene rings is 1. The predicted octanol–water partition coefficient (Wildman–Crippen LogP) is 2.38. The number of anilines is 1. The van der Waals surface area contributed by atoms with Gasteiger partial charge in [-0.15, -0.1) is 0 Å². The minimum atomic E-state index is 0.0655. The molecular formula is C11H7ClN4O. The first-order valence-electron chi connectivity index (χ1n) is 4.65. The summed E-state index contributed by atoms with van der Waals surface area (Å²) in [5.74, 6) is 0.385. The van der Waals surface area contributed by atoms with Gasteiger partial charge in [0, 0.05) is 11.9 Å². The molecule has 0 saturated heterocycles. The van der Waals surface area contributed by atoms with Gasteiger partial charge in [0.1, 0.15) is 17.5 Å². The van der Waals surface area contributed by atoms with Crippen LogP contribution in [0.5, 0.6) is 11.8 Å². The SMILES string of the molecule is N#Cc1ccnc(Oc2ccc(N)cc2Cl)n1. The molecule has 0 aliphatic heterocycles. The molecule has 5 nitrogen and oxygen atoms in total. The molecule has 2 aromatic rings. The average molecular weight is 247 g/mol. The van der Waals surface area contributed by atoms with Crippen molar-refractivity contribution < 1.29 is 4.74 Å². The van der Waals surface area contributed by atoms with E-state index >= 15 is 0 Å². The van der Waals surface area contributed by atoms with E-state index < -0.39 is 0 Å². The van der Waals surface area contributed by atoms with E-state index in [0.29, 0.717) is 16.5 Å². The molecule has 1 aromatic heterocycles. The van der Waals surface area contributed by atoms with Crippen LogP contribution in [0.4, 0.5) is 5.69 Å². The number of nitrogen functional groups attached to an aromatic ring is 1. The van der Waals surface area contributed by atoms with Crippen LogP contribution < -0.4 is 10.5 Å². The molecule has 0 radical (unpaired) electrons. The molecule has 0 atom stereocenters. The fourth-order valence-corrected chi connectivity index (χ4v) is 1.38. The smallest absolute Gasteiger partial charge is 0.323 e. The van der Waals surface area contributed by atoms with Gasteiger partial charge in [0.25, 0.3) is 0 Å². The Morgan fingerprint density at radius 2 is 2.18 bits per heavy atom. The highest BCUT2D eigenvalue weighted by Crippen LogP contribution is 2.29. The minimum Gasteiger partial charge on any atom is -0.423 e. The van der Waals surface area contributed by atoms with Crippen LogP contribution in [0, 0.1) is 11.3 Å². The second-order valence-electron chi connectivity index (χ2n) is 3.13. The summed E-state index contributed by atoms with van der Waals surface area (Å²) in [6, 6.07) is 8.26. The fraction of sp³-hybridized carbons (Fsp3) is 0. The van der Waals surface area contributed by atoms with Crippen molar-refractivity contribution in [1.29, 1.82) is 5.26 Å². The van der Waals surface area contributed by atoms with Gasteiger partial charge < -0.3 is 10.5 Å². The van der Waals surface area contributed by atoms with Gasteiger partial charge >= 0.3 is 6.01 Å². The molecular weight excluding hydrogens is 240 g/mol. The third-order valence-electron chi connectivity index (χ3n) is 1.91. The zero-order chi connectivity index (χ0) is 12.3. The molecule has 6 heteroatoms. The van der Waals surface area contributed by atoms with E-state index in [-0.39, 0.29) is 11.7 Å². The second-order valence-corrected chi connectivity index (χ2v) is 3.54. The molecule has 1 aromatic carbocycles. The number of halogens is 1. The predicted molar refractivity (Wildman–Crippen MR) is 62.7 cm³/mol. The first-order valence-corrected chi connectivity index (χ1v) is 5.03. The van der Waals surface area contributed by atoms with Crippen LogP contribution in [-0.4, -0.2) is 9.97 Å². The second kappa shape index (κ2) is 4.68. The Hall–Kier alpha value is -2.32. The summed E-state index contributed by atoms with van der Waals surface area (Å²) < 4.78 is 5.35. The zero-order valence-corrected chi connectivity index (χ0v) is 9.35. The van der Waals surface area contributed by atoms with Crippen molar-refractivity contribution in [2.75, 3.05) is 5.73 Å². The number of ether oxygens (including phenoxy) is 1. The van der Waals surface area contributed by atoms with Crippen LogP contribution in [0.25, 0.3) is 0 Å². The highest BCUT2D eigenvalue weighted by atomic mass is 35.5. The summed E-state index contributed by atoms with van der Waals surface area (Å²) in [4.78, 5) is 7.74. The Balaban J connectivity index is 2.28. The quantitative estimate of drug-likeness (QED) is 0.823. The maximum absolute atomic E-state index is 8.68. The Kier molecular flexibility index (Phi) is 3.08. The van der Waals surface area contributed by atoms with E-state index in [9.17, 15) is 0 Å². The van der Waals surface area contributed by atoms with E-state index in [1.54, 1.807) is 18.2 Å². The van der Waals surface area contributed by atoms with E-state index in [1.165, 1.54) is 12.3 Å². The summed E-state index contributed by atoms with van der Waals surface area (Å²) in [7, 11) is 0. The van der Waals surface area contributed by atoms with Crippen molar-refractivity contribution in [3.8, 4) is 17.8 Å². The Bertz CT molecular complexity index is 594. The van der Waals surface area contributed by atoms with E-state index in [1.807, 2.05) is 6.07 Å². The van der Waals surface area contributed by atoms with Crippen LogP contribution in [-0.2, 0) is 0 Å². The van der Waals surface area contributed by atoms with Crippen LogP contribution in [0.3, 0.4) is 0 Å². The number of rotatable bonds is 2. The molecule has 17 heavy (non-hydrogen) atoms. The summed E-state index contributed by atoms with van der Waals surface area (Å²) >= 11 is 5.93. The molecule has 0 saturated carbocycles. The van der Waals surface area contributed by atoms with Crippen LogP contribution in [0.15, 0.2) is 30.5 Å². The maximum atomic E-state index is 8.68. The average Bonchev–Trinajstić information content (AvgIpc) is 2.33. The third kappa shape index (κ3) is 2.62. The minimum absolute atomic E-state index is 0.0655. The number of nitrogens with zero attached hydrogens (tertiary/aromatic N) is 3. The van der Waals surface area contributed by atoms with Crippen molar-refractivity contribution in [3.63, 3.8) is 0 Å². The van der Waals surface area contributed by atoms with E-state index in [2.05, 4.69) is 9.97 Å². The van der Waals surface area contributed by atoms with Crippen LogP contribution in [0.2, 0.25) is 5.02 Å². The topological polar surface area (TPSA) is 84.8 Å². The molecule has 0 unspecified atom stereocenters. The standard InChI is InChI=1S/C11H7ClN4O/c12-9-5-7(14)1-2-10(9)17-11-15-4-3-8(6-13)16-11/h1-5H,14H2. The lowest BCUT2D eigenvalue weighted by atomic mass is 10.3. The van der Waals surface area contributed by atoms with Gasteiger partial charge in [0.15, 0.2) is 0 Å². The molecule has 0 spiro atoms. The first kappa shape index (κ1) is 11.2. The fourth-order valence-electron chi connectivity index (χ4n) is 1.15. The molecule has 0 aliphatic carbocycles. The van der Waals surface area contributed by atoms with Gasteiger partial charge in [-0.1, -0.05) is 11.6 Å². The maximum Gasteiger partial charge on any atom is 0.323 e. The normalized spacial score (nSPS) is 9.65. The number of nitriles is 1. The van der Waals surface area contributed by atoms with Crippen molar-refractivity contribution in [2.24, 2.45) is 0 Å². The van der Waals surface area contributed by atoms with E-state index in [0.717, 1.165) is 0 Å². The number of hydrogen-bond acceptors (Lipinski definition) is 5. The highest BCUT2D eigenvalue weighted by Gasteiger charge is 2.06. The third-order valence-corrected chi connectivity index (χ3v) is 2.20. The van der Waals surface area contributed by atoms with Gasteiger partial charge in [0.2, 0.25) is 0 Å². The summed E-state index contributed by atoms with van der Waals surface area (Å²) in [6.07, 6.45) is 1.44. The van der Waals surface area contributed by atoms with Crippen molar-refractivity contribution in [2.45, 2.75) is 0 Å². The monoisotopic (exact) mass is 246 g/mol. The summed E-state index contributed by atoms with van der Waals surface area (Å²) in [5.41, 5.74) is 6.31. The number of nitrogens with two attached hydrogens (primary N) is 1. The van der Waals surface area contributed by atoms with Crippen LogP contribution >= 0.6 is 11.6 Å². The zero-order valence-electron chi connectivity index (χ0n) is 8.59. The van der Waals surface area contributed by atoms with Gasteiger partial charge in [-0.05, 0) is 24.3 Å². The molecule has 0 bridgehead atoms. The number of aromatic nitrogens is 2. The van der Waals surface area contributed by atoms with Gasteiger partial charge in [-0.2, -0.15) is 10.2 Å². The number of hydrogen-bond donors (Lipinski definition) is 1. The Morgan fingerprint density at radius 1 is 1.35 bits per heavy atom. The van der Waals surface area contributed by atoms with Crippen molar-refractivity contribution >= 4 is 17.3 Å². The van der Waals surface area contributed by atoms with Gasteiger partial charge in [-0.3, -0.25) is 0 Å². The molecule has 0 fully saturated rings. The highest BCUT2D eigenvalue weighted by molar-refractivity contribution is 6.32. The summed E-state index contributed by atoms with van der Waals surface area (Å²) in [5, 5.41) is 9.04. The van der Waals surface area contributed by atoms with E-state index in [4.69, 9.17) is 27.3 Å². The lowest BCUT2D eigenvalue weighted by Crippen LogP contribution is -1.94. The Morgan fingerprint density at radius 3 is 2.88 bits per heavy atom. The lowest BCUT2D eigenvalue weighted by Gasteiger charge is -2.05. The Labute approximate surface area is 102 Å². The molecule has 2 N–H and O–H groups in total. The van der Waals surface area contributed by atoms with Gasteiger partial charge in [0.05, 0.1) is 5.02 Å². The van der Waals surface area contributed by atoms with Gasteiger partial charge in [-0.25, -0.2) is 4.98 Å².